The average molecular weight is 375 g/mol. The third-order valence-electron chi connectivity index (χ3n) is 3.66. The lowest BCUT2D eigenvalue weighted by molar-refractivity contribution is -0.120. The number of carbonyl (C=O) groups is 3. The predicted molar refractivity (Wildman–Crippen MR) is 95.0 cm³/mol. The van der Waals surface area contributed by atoms with Gasteiger partial charge in [0, 0.05) is 32.3 Å². The summed E-state index contributed by atoms with van der Waals surface area (Å²) in [5, 5.41) is 4.86. The minimum Gasteiger partial charge on any atom is -0.350 e. The van der Waals surface area contributed by atoms with Crippen molar-refractivity contribution in [3.63, 3.8) is 0 Å². The van der Waals surface area contributed by atoms with Gasteiger partial charge < -0.3 is 15.5 Å². The minimum absolute atomic E-state index is 0.156. The summed E-state index contributed by atoms with van der Waals surface area (Å²) in [6.45, 7) is -0.208. The molecule has 0 fully saturated rings. The van der Waals surface area contributed by atoms with E-state index >= 15 is 0 Å². The lowest BCUT2D eigenvalue weighted by atomic mass is 10.1. The Kier molecular flexibility index (Phi) is 6.59. The van der Waals surface area contributed by atoms with Gasteiger partial charge in [-0.3, -0.25) is 14.4 Å². The van der Waals surface area contributed by atoms with Gasteiger partial charge >= 0.3 is 0 Å². The van der Waals surface area contributed by atoms with Crippen LogP contribution in [0.4, 0.5) is 8.78 Å². The first-order valence-electron chi connectivity index (χ1n) is 8.08. The molecule has 0 heterocycles. The molecule has 0 aliphatic heterocycles. The highest BCUT2D eigenvalue weighted by molar-refractivity contribution is 5.96. The summed E-state index contributed by atoms with van der Waals surface area (Å²) >= 11 is 0. The van der Waals surface area contributed by atoms with Gasteiger partial charge in [-0.1, -0.05) is 12.1 Å². The monoisotopic (exact) mass is 375 g/mol. The van der Waals surface area contributed by atoms with Crippen molar-refractivity contribution in [2.75, 3.05) is 20.6 Å². The van der Waals surface area contributed by atoms with Crippen molar-refractivity contribution < 1.29 is 23.2 Å². The van der Waals surface area contributed by atoms with E-state index in [2.05, 4.69) is 10.6 Å². The number of hydrogen-bond donors (Lipinski definition) is 2. The number of hydrogen-bond acceptors (Lipinski definition) is 3. The molecule has 0 aromatic heterocycles. The standard InChI is InChI=1S/C19H19F2N3O3/c1-24(2)19(27)13-5-3-4-12(8-13)10-22-17(25)11-23-18(26)15-7-6-14(20)9-16(15)21/h3-9H,10-11H2,1-2H3,(H,22,25)(H,23,26). The molecule has 8 heteroatoms. The van der Waals surface area contributed by atoms with Crippen LogP contribution < -0.4 is 10.6 Å². The topological polar surface area (TPSA) is 78.5 Å². The Morgan fingerprint density at radius 3 is 2.41 bits per heavy atom. The summed E-state index contributed by atoms with van der Waals surface area (Å²) in [4.78, 5) is 37.1. The van der Waals surface area contributed by atoms with E-state index in [1.54, 1.807) is 38.4 Å². The fourth-order valence-electron chi connectivity index (χ4n) is 2.27. The van der Waals surface area contributed by atoms with Crippen molar-refractivity contribution in [3.05, 3.63) is 70.8 Å². The second-order valence-electron chi connectivity index (χ2n) is 5.98. The average Bonchev–Trinajstić information content (AvgIpc) is 2.64. The van der Waals surface area contributed by atoms with E-state index < -0.39 is 23.4 Å². The highest BCUT2D eigenvalue weighted by atomic mass is 19.1. The molecule has 0 saturated carbocycles. The second-order valence-corrected chi connectivity index (χ2v) is 5.98. The Bertz CT molecular complexity index is 869. The van der Waals surface area contributed by atoms with Crippen molar-refractivity contribution in [2.24, 2.45) is 0 Å². The number of halogens is 2. The van der Waals surface area contributed by atoms with Crippen LogP contribution in [-0.2, 0) is 11.3 Å². The zero-order chi connectivity index (χ0) is 20.0. The van der Waals surface area contributed by atoms with Gasteiger partial charge in [-0.15, -0.1) is 0 Å². The van der Waals surface area contributed by atoms with Gasteiger partial charge in [0.25, 0.3) is 11.8 Å². The fraction of sp³-hybridized carbons (Fsp3) is 0.211. The van der Waals surface area contributed by atoms with Gasteiger partial charge in [0.2, 0.25) is 5.91 Å². The zero-order valence-corrected chi connectivity index (χ0v) is 14.9. The molecular weight excluding hydrogens is 356 g/mol. The third-order valence-corrected chi connectivity index (χ3v) is 3.66. The summed E-state index contributed by atoms with van der Waals surface area (Å²) in [6.07, 6.45) is 0. The van der Waals surface area contributed by atoms with E-state index in [1.165, 1.54) is 4.90 Å². The van der Waals surface area contributed by atoms with Gasteiger partial charge in [-0.2, -0.15) is 0 Å². The van der Waals surface area contributed by atoms with E-state index in [0.717, 1.165) is 12.1 Å². The molecule has 27 heavy (non-hydrogen) atoms. The maximum atomic E-state index is 13.5. The number of amides is 3. The van der Waals surface area contributed by atoms with Crippen LogP contribution in [0.2, 0.25) is 0 Å². The first kappa shape index (κ1) is 20.0. The lowest BCUT2D eigenvalue weighted by Crippen LogP contribution is -2.37. The summed E-state index contributed by atoms with van der Waals surface area (Å²) in [5.41, 5.74) is 0.859. The normalized spacial score (nSPS) is 10.2. The Labute approximate surface area is 155 Å². The molecule has 0 bridgehead atoms. The largest absolute Gasteiger partial charge is 0.350 e. The Balaban J connectivity index is 1.87. The molecule has 0 saturated heterocycles. The van der Waals surface area contributed by atoms with Crippen molar-refractivity contribution in [1.82, 2.24) is 15.5 Å². The van der Waals surface area contributed by atoms with Gasteiger partial charge in [0.1, 0.15) is 11.6 Å². The quantitative estimate of drug-likeness (QED) is 0.807. The number of benzene rings is 2. The maximum absolute atomic E-state index is 13.5. The molecule has 2 N–H and O–H groups in total. The van der Waals surface area contributed by atoms with Crippen LogP contribution >= 0.6 is 0 Å². The van der Waals surface area contributed by atoms with Crippen molar-refractivity contribution in [1.29, 1.82) is 0 Å². The molecule has 0 unspecified atom stereocenters. The highest BCUT2D eigenvalue weighted by Crippen LogP contribution is 2.09. The molecular formula is C19H19F2N3O3. The SMILES string of the molecule is CN(C)C(=O)c1cccc(CNC(=O)CNC(=O)c2ccc(F)cc2F)c1. The van der Waals surface area contributed by atoms with Crippen molar-refractivity contribution in [3.8, 4) is 0 Å². The van der Waals surface area contributed by atoms with Crippen LogP contribution in [-0.4, -0.2) is 43.3 Å². The second kappa shape index (κ2) is 8.88. The Morgan fingerprint density at radius 2 is 1.74 bits per heavy atom. The van der Waals surface area contributed by atoms with Gasteiger partial charge in [-0.25, -0.2) is 8.78 Å². The van der Waals surface area contributed by atoms with Crippen LogP contribution in [0.25, 0.3) is 0 Å². The molecule has 2 rings (SSSR count). The zero-order valence-electron chi connectivity index (χ0n) is 14.9. The predicted octanol–water partition coefficient (Wildman–Crippen LogP) is 1.71. The summed E-state index contributed by atoms with van der Waals surface area (Å²) < 4.78 is 26.4. The van der Waals surface area contributed by atoms with Gasteiger partial charge in [0.05, 0.1) is 12.1 Å². The lowest BCUT2D eigenvalue weighted by Gasteiger charge is -2.12. The maximum Gasteiger partial charge on any atom is 0.254 e. The number of nitrogens with zero attached hydrogens (tertiary/aromatic N) is 1. The number of carbonyl (C=O) groups excluding carboxylic acids is 3. The first-order chi connectivity index (χ1) is 12.8. The molecule has 6 nitrogen and oxygen atoms in total. The van der Waals surface area contributed by atoms with E-state index in [-0.39, 0.29) is 24.6 Å². The molecule has 0 radical (unpaired) electrons. The third kappa shape index (κ3) is 5.60. The first-order valence-corrected chi connectivity index (χ1v) is 8.08. The minimum atomic E-state index is -1.00. The van der Waals surface area contributed by atoms with Crippen molar-refractivity contribution in [2.45, 2.75) is 6.54 Å². The van der Waals surface area contributed by atoms with Crippen LogP contribution in [0.1, 0.15) is 26.3 Å². The van der Waals surface area contributed by atoms with Crippen LogP contribution in [0.5, 0.6) is 0 Å². The summed E-state index contributed by atoms with van der Waals surface area (Å²) in [6, 6.07) is 9.35. The van der Waals surface area contributed by atoms with Crippen molar-refractivity contribution >= 4 is 17.7 Å². The molecule has 142 valence electrons. The molecule has 3 amide bonds. The van der Waals surface area contributed by atoms with E-state index in [0.29, 0.717) is 17.2 Å². The van der Waals surface area contributed by atoms with E-state index in [9.17, 15) is 23.2 Å². The van der Waals surface area contributed by atoms with Gasteiger partial charge in [-0.05, 0) is 29.8 Å². The molecule has 0 spiro atoms. The van der Waals surface area contributed by atoms with E-state index in [4.69, 9.17) is 0 Å². The number of nitrogens with one attached hydrogen (secondary N) is 2. The highest BCUT2D eigenvalue weighted by Gasteiger charge is 2.14. The molecule has 2 aromatic rings. The number of rotatable bonds is 6. The summed E-state index contributed by atoms with van der Waals surface area (Å²) in [7, 11) is 3.28. The van der Waals surface area contributed by atoms with Crippen LogP contribution in [0.3, 0.4) is 0 Å². The van der Waals surface area contributed by atoms with E-state index in [1.807, 2.05) is 0 Å². The summed E-state index contributed by atoms with van der Waals surface area (Å²) in [5.74, 6) is -3.26. The molecule has 0 atom stereocenters. The van der Waals surface area contributed by atoms with Gasteiger partial charge in [0.15, 0.2) is 0 Å². The van der Waals surface area contributed by atoms with Crippen LogP contribution in [0.15, 0.2) is 42.5 Å². The Hall–Kier alpha value is -3.29. The smallest absolute Gasteiger partial charge is 0.254 e. The fourth-order valence-corrected chi connectivity index (χ4v) is 2.27. The molecule has 0 aliphatic rings. The molecule has 0 aliphatic carbocycles. The van der Waals surface area contributed by atoms with Crippen LogP contribution in [0, 0.1) is 11.6 Å². The molecule has 2 aromatic carbocycles. The Morgan fingerprint density at radius 1 is 1.00 bits per heavy atom.